The van der Waals surface area contributed by atoms with Gasteiger partial charge in [0.1, 0.15) is 5.52 Å². The Morgan fingerprint density at radius 3 is 2.41 bits per heavy atom. The number of oxazole rings is 1. The van der Waals surface area contributed by atoms with Gasteiger partial charge in [-0.15, -0.1) is 0 Å². The molecule has 1 aromatic heterocycles. The van der Waals surface area contributed by atoms with Crippen LogP contribution in [0.2, 0.25) is 0 Å². The van der Waals surface area contributed by atoms with E-state index in [0.29, 0.717) is 18.0 Å². The Bertz CT molecular complexity index is 1290. The smallest absolute Gasteiger partial charge is 0.251 e. The maximum Gasteiger partial charge on any atom is 0.251 e. The van der Waals surface area contributed by atoms with Crippen LogP contribution >= 0.6 is 0 Å². The minimum absolute atomic E-state index is 0.0845. The van der Waals surface area contributed by atoms with Crippen LogP contribution in [-0.2, 0) is 6.54 Å². The van der Waals surface area contributed by atoms with Crippen molar-refractivity contribution in [2.75, 3.05) is 0 Å². The summed E-state index contributed by atoms with van der Waals surface area (Å²) in [5.41, 5.74) is 4.19. The average molecular weight is 378 g/mol. The van der Waals surface area contributed by atoms with Crippen LogP contribution in [0.3, 0.4) is 0 Å². The maximum absolute atomic E-state index is 12.5. The van der Waals surface area contributed by atoms with E-state index in [4.69, 9.17) is 4.42 Å². The highest BCUT2D eigenvalue weighted by Crippen LogP contribution is 2.24. The third-order valence-corrected chi connectivity index (χ3v) is 4.96. The lowest BCUT2D eigenvalue weighted by molar-refractivity contribution is 0.0951. The van der Waals surface area contributed by atoms with Gasteiger partial charge in [0.05, 0.1) is 0 Å². The lowest BCUT2D eigenvalue weighted by Gasteiger charge is -2.07. The van der Waals surface area contributed by atoms with E-state index in [1.165, 1.54) is 0 Å². The maximum atomic E-state index is 12.5. The normalized spacial score (nSPS) is 11.0. The van der Waals surface area contributed by atoms with E-state index in [-0.39, 0.29) is 5.91 Å². The summed E-state index contributed by atoms with van der Waals surface area (Å²) >= 11 is 0. The number of hydrogen-bond donors (Lipinski definition) is 1. The molecule has 0 atom stereocenters. The predicted molar refractivity (Wildman–Crippen MR) is 115 cm³/mol. The zero-order valence-corrected chi connectivity index (χ0v) is 15.6. The van der Waals surface area contributed by atoms with Crippen molar-refractivity contribution >= 4 is 27.8 Å². The first kappa shape index (κ1) is 17.2. The number of nitrogens with zero attached hydrogens (tertiary/aromatic N) is 1. The van der Waals surface area contributed by atoms with Gasteiger partial charge in [0.2, 0.25) is 5.89 Å². The molecule has 1 N–H and O–H groups in total. The van der Waals surface area contributed by atoms with Crippen molar-refractivity contribution in [2.24, 2.45) is 0 Å². The van der Waals surface area contributed by atoms with Crippen molar-refractivity contribution in [2.45, 2.75) is 6.54 Å². The predicted octanol–water partition coefficient (Wildman–Crippen LogP) is 5.58. The van der Waals surface area contributed by atoms with Gasteiger partial charge in [0.25, 0.3) is 5.91 Å². The average Bonchev–Trinajstić information content (AvgIpc) is 3.22. The molecule has 1 amide bonds. The number of para-hydroxylation sites is 2. The van der Waals surface area contributed by atoms with Crippen LogP contribution in [-0.4, -0.2) is 10.9 Å². The molecule has 0 aliphatic rings. The molecule has 4 nitrogen and oxygen atoms in total. The summed E-state index contributed by atoms with van der Waals surface area (Å²) in [6.45, 7) is 0.458. The van der Waals surface area contributed by atoms with Crippen molar-refractivity contribution in [1.82, 2.24) is 10.3 Å². The Labute approximate surface area is 167 Å². The van der Waals surface area contributed by atoms with Gasteiger partial charge in [-0.05, 0) is 52.7 Å². The van der Waals surface area contributed by atoms with Gasteiger partial charge in [-0.3, -0.25) is 4.79 Å². The zero-order valence-electron chi connectivity index (χ0n) is 15.6. The Balaban J connectivity index is 1.28. The molecule has 0 radical (unpaired) electrons. The second kappa shape index (κ2) is 7.24. The largest absolute Gasteiger partial charge is 0.436 e. The van der Waals surface area contributed by atoms with Crippen LogP contribution in [0, 0.1) is 0 Å². The second-order valence-corrected chi connectivity index (χ2v) is 6.93. The van der Waals surface area contributed by atoms with Gasteiger partial charge < -0.3 is 9.73 Å². The Morgan fingerprint density at radius 1 is 0.828 bits per heavy atom. The molecule has 0 fully saturated rings. The number of benzene rings is 4. The molecule has 0 aliphatic carbocycles. The molecule has 1 heterocycles. The molecule has 140 valence electrons. The molecule has 5 rings (SSSR count). The lowest BCUT2D eigenvalue weighted by Crippen LogP contribution is -2.22. The molecule has 29 heavy (non-hydrogen) atoms. The summed E-state index contributed by atoms with van der Waals surface area (Å²) in [7, 11) is 0. The lowest BCUT2D eigenvalue weighted by atomic mass is 10.1. The van der Waals surface area contributed by atoms with Crippen molar-refractivity contribution < 1.29 is 9.21 Å². The third kappa shape index (κ3) is 3.48. The minimum atomic E-state index is -0.0845. The Morgan fingerprint density at radius 2 is 1.59 bits per heavy atom. The molecular weight excluding hydrogens is 360 g/mol. The highest BCUT2D eigenvalue weighted by Gasteiger charge is 2.09. The van der Waals surface area contributed by atoms with Gasteiger partial charge >= 0.3 is 0 Å². The fraction of sp³-hybridized carbons (Fsp3) is 0.0400. The molecule has 5 aromatic rings. The number of nitrogens with one attached hydrogen (secondary N) is 1. The van der Waals surface area contributed by atoms with E-state index in [1.54, 1.807) is 0 Å². The highest BCUT2D eigenvalue weighted by molar-refractivity contribution is 5.98. The van der Waals surface area contributed by atoms with Gasteiger partial charge in [0.15, 0.2) is 5.58 Å². The minimum Gasteiger partial charge on any atom is -0.436 e. The number of rotatable bonds is 4. The van der Waals surface area contributed by atoms with Crippen LogP contribution in [0.4, 0.5) is 0 Å². The Hall–Kier alpha value is -3.92. The van der Waals surface area contributed by atoms with Crippen molar-refractivity contribution in [3.05, 3.63) is 102 Å². The second-order valence-electron chi connectivity index (χ2n) is 6.93. The fourth-order valence-electron chi connectivity index (χ4n) is 3.38. The van der Waals surface area contributed by atoms with Crippen molar-refractivity contribution in [3.8, 4) is 11.5 Å². The van der Waals surface area contributed by atoms with Crippen LogP contribution in [0.1, 0.15) is 15.9 Å². The van der Waals surface area contributed by atoms with E-state index in [0.717, 1.165) is 33.0 Å². The highest BCUT2D eigenvalue weighted by atomic mass is 16.3. The molecule has 4 heteroatoms. The molecule has 0 bridgehead atoms. The number of fused-ring (bicyclic) bond motifs is 2. The van der Waals surface area contributed by atoms with Crippen LogP contribution < -0.4 is 5.32 Å². The number of carbonyl (C=O) groups is 1. The van der Waals surface area contributed by atoms with E-state index >= 15 is 0 Å². The van der Waals surface area contributed by atoms with Crippen LogP contribution in [0.5, 0.6) is 0 Å². The molecule has 0 saturated carbocycles. The summed E-state index contributed by atoms with van der Waals surface area (Å²) in [4.78, 5) is 17.0. The van der Waals surface area contributed by atoms with Gasteiger partial charge in [-0.25, -0.2) is 4.98 Å². The number of aromatic nitrogens is 1. The molecule has 0 aliphatic heterocycles. The molecule has 4 aromatic carbocycles. The summed E-state index contributed by atoms with van der Waals surface area (Å²) in [6.07, 6.45) is 0. The van der Waals surface area contributed by atoms with Crippen LogP contribution in [0.15, 0.2) is 95.4 Å². The SMILES string of the molecule is O=C(NCc1ccc(-c2nc3ccccc3o2)cc1)c1ccc2ccccc2c1. The van der Waals surface area contributed by atoms with Gasteiger partial charge in [-0.1, -0.05) is 54.6 Å². The Kier molecular flexibility index (Phi) is 4.30. The monoisotopic (exact) mass is 378 g/mol. The standard InChI is InChI=1S/C25H18N2O2/c28-24(21-14-13-18-5-1-2-6-20(18)15-21)26-16-17-9-11-19(12-10-17)25-27-22-7-3-4-8-23(22)29-25/h1-15H,16H2,(H,26,28). The molecule has 0 saturated heterocycles. The van der Waals surface area contributed by atoms with Crippen LogP contribution in [0.25, 0.3) is 33.3 Å². The van der Waals surface area contributed by atoms with E-state index in [9.17, 15) is 4.79 Å². The number of hydrogen-bond acceptors (Lipinski definition) is 3. The van der Waals surface area contributed by atoms with Gasteiger partial charge in [-0.2, -0.15) is 0 Å². The summed E-state index contributed by atoms with van der Waals surface area (Å²) in [6, 6.07) is 29.3. The zero-order chi connectivity index (χ0) is 19.6. The van der Waals surface area contributed by atoms with E-state index < -0.39 is 0 Å². The van der Waals surface area contributed by atoms with E-state index in [1.807, 2.05) is 91.0 Å². The van der Waals surface area contributed by atoms with Crippen molar-refractivity contribution in [1.29, 1.82) is 0 Å². The number of amides is 1. The fourth-order valence-corrected chi connectivity index (χ4v) is 3.38. The summed E-state index contributed by atoms with van der Waals surface area (Å²) in [5, 5.41) is 5.16. The quantitative estimate of drug-likeness (QED) is 0.444. The first-order valence-corrected chi connectivity index (χ1v) is 9.48. The van der Waals surface area contributed by atoms with Crippen molar-refractivity contribution in [3.63, 3.8) is 0 Å². The first-order chi connectivity index (χ1) is 14.3. The summed E-state index contributed by atoms with van der Waals surface area (Å²) in [5.74, 6) is 0.511. The first-order valence-electron chi connectivity index (χ1n) is 9.48. The molecular formula is C25H18N2O2. The third-order valence-electron chi connectivity index (χ3n) is 4.96. The molecule has 0 unspecified atom stereocenters. The van der Waals surface area contributed by atoms with E-state index in [2.05, 4.69) is 10.3 Å². The van der Waals surface area contributed by atoms with Gasteiger partial charge in [0, 0.05) is 17.7 Å². The topological polar surface area (TPSA) is 55.1 Å². The number of carbonyl (C=O) groups excluding carboxylic acids is 1. The summed E-state index contributed by atoms with van der Waals surface area (Å²) < 4.78 is 5.80. The molecule has 0 spiro atoms.